The summed E-state index contributed by atoms with van der Waals surface area (Å²) in [5.74, 6) is -0.146. The molecule has 6 heteroatoms. The summed E-state index contributed by atoms with van der Waals surface area (Å²) in [6.45, 7) is 3.24. The van der Waals surface area contributed by atoms with Crippen LogP contribution < -0.4 is 15.5 Å². The van der Waals surface area contributed by atoms with E-state index in [1.54, 1.807) is 40.9 Å². The van der Waals surface area contributed by atoms with Gasteiger partial charge >= 0.3 is 6.03 Å². The molecule has 0 fully saturated rings. The Bertz CT molecular complexity index is 1040. The lowest BCUT2D eigenvalue weighted by atomic mass is 10.1. The van der Waals surface area contributed by atoms with E-state index in [1.165, 1.54) is 0 Å². The third-order valence-corrected chi connectivity index (χ3v) is 6.01. The maximum absolute atomic E-state index is 12.9. The topological polar surface area (TPSA) is 61.4 Å². The lowest BCUT2D eigenvalue weighted by Crippen LogP contribution is -2.41. The van der Waals surface area contributed by atoms with Crippen LogP contribution in [0.5, 0.6) is 0 Å². The molecule has 5 nitrogen and oxygen atoms in total. The summed E-state index contributed by atoms with van der Waals surface area (Å²) in [7, 11) is 0. The summed E-state index contributed by atoms with van der Waals surface area (Å²) in [6, 6.07) is 24.5. The molecular formula is C24H23N3O2S. The maximum Gasteiger partial charge on any atom is 0.326 e. The lowest BCUT2D eigenvalue weighted by Gasteiger charge is -2.32. The summed E-state index contributed by atoms with van der Waals surface area (Å²) in [5.41, 5.74) is 3.18. The molecule has 1 heterocycles. The Morgan fingerprint density at radius 1 is 0.967 bits per heavy atom. The Balaban J connectivity index is 1.39. The molecule has 0 unspecified atom stereocenters. The minimum Gasteiger partial charge on any atom is -0.348 e. The quantitative estimate of drug-likeness (QED) is 0.617. The van der Waals surface area contributed by atoms with Gasteiger partial charge < -0.3 is 10.6 Å². The average Bonchev–Trinajstić information content (AvgIpc) is 2.78. The van der Waals surface area contributed by atoms with E-state index in [1.807, 2.05) is 54.6 Å². The fourth-order valence-corrected chi connectivity index (χ4v) is 4.47. The van der Waals surface area contributed by atoms with E-state index in [0.29, 0.717) is 29.6 Å². The number of fused-ring (bicyclic) bond motifs is 1. The Labute approximate surface area is 180 Å². The maximum atomic E-state index is 12.9. The van der Waals surface area contributed by atoms with Gasteiger partial charge in [-0.05, 0) is 42.0 Å². The van der Waals surface area contributed by atoms with Crippen LogP contribution in [0.1, 0.15) is 22.8 Å². The highest BCUT2D eigenvalue weighted by Crippen LogP contribution is 2.38. The second kappa shape index (κ2) is 9.05. The van der Waals surface area contributed by atoms with Gasteiger partial charge in [0.25, 0.3) is 5.91 Å². The van der Waals surface area contributed by atoms with Gasteiger partial charge in [-0.25, -0.2) is 4.79 Å². The van der Waals surface area contributed by atoms with E-state index in [-0.39, 0.29) is 11.9 Å². The number of hydrogen-bond acceptors (Lipinski definition) is 3. The summed E-state index contributed by atoms with van der Waals surface area (Å²) in [4.78, 5) is 28.1. The van der Waals surface area contributed by atoms with Crippen molar-refractivity contribution in [2.45, 2.75) is 23.6 Å². The van der Waals surface area contributed by atoms with Crippen LogP contribution in [-0.4, -0.2) is 23.7 Å². The molecule has 3 aromatic rings. The van der Waals surface area contributed by atoms with Crippen molar-refractivity contribution in [2.24, 2.45) is 0 Å². The molecule has 30 heavy (non-hydrogen) atoms. The number of hydrogen-bond donors (Lipinski definition) is 2. The Kier molecular flexibility index (Phi) is 6.05. The van der Waals surface area contributed by atoms with E-state index in [0.717, 1.165) is 16.1 Å². The molecule has 0 radical (unpaired) electrons. The molecule has 0 aromatic heterocycles. The molecule has 0 saturated carbocycles. The van der Waals surface area contributed by atoms with Crippen LogP contribution in [0, 0.1) is 0 Å². The summed E-state index contributed by atoms with van der Waals surface area (Å²) >= 11 is 1.78. The number of urea groups is 1. The number of anilines is 2. The van der Waals surface area contributed by atoms with E-state index >= 15 is 0 Å². The van der Waals surface area contributed by atoms with Gasteiger partial charge in [0.2, 0.25) is 0 Å². The van der Waals surface area contributed by atoms with Gasteiger partial charge in [0.05, 0.1) is 5.69 Å². The molecule has 1 aliphatic rings. The largest absolute Gasteiger partial charge is 0.348 e. The number of thioether (sulfide) groups is 1. The Hall–Kier alpha value is -3.25. The first-order chi connectivity index (χ1) is 14.6. The monoisotopic (exact) mass is 417 g/mol. The summed E-state index contributed by atoms with van der Waals surface area (Å²) in [6.07, 6.45) is 0. The number of para-hydroxylation sites is 1. The predicted octanol–water partition coefficient (Wildman–Crippen LogP) is 5.15. The number of carbonyl (C=O) groups is 2. The molecule has 2 N–H and O–H groups in total. The van der Waals surface area contributed by atoms with Crippen molar-refractivity contribution in [3.8, 4) is 0 Å². The van der Waals surface area contributed by atoms with Gasteiger partial charge in [-0.3, -0.25) is 9.69 Å². The van der Waals surface area contributed by atoms with Crippen molar-refractivity contribution in [2.75, 3.05) is 16.8 Å². The van der Waals surface area contributed by atoms with E-state index < -0.39 is 0 Å². The van der Waals surface area contributed by atoms with Crippen LogP contribution in [0.4, 0.5) is 16.2 Å². The fraction of sp³-hybridized carbons (Fsp3) is 0.167. The van der Waals surface area contributed by atoms with Crippen molar-refractivity contribution in [1.82, 2.24) is 5.32 Å². The zero-order valence-electron chi connectivity index (χ0n) is 16.7. The minimum absolute atomic E-state index is 0.146. The predicted molar refractivity (Wildman–Crippen MR) is 122 cm³/mol. The molecule has 1 atom stereocenters. The zero-order valence-corrected chi connectivity index (χ0v) is 17.5. The molecule has 3 aromatic carbocycles. The molecule has 4 rings (SSSR count). The summed E-state index contributed by atoms with van der Waals surface area (Å²) in [5, 5.41) is 6.17. The van der Waals surface area contributed by atoms with Gasteiger partial charge in [0.1, 0.15) is 0 Å². The first kappa shape index (κ1) is 20.0. The van der Waals surface area contributed by atoms with Gasteiger partial charge in [0.15, 0.2) is 0 Å². The molecule has 1 aliphatic heterocycles. The third kappa shape index (κ3) is 4.66. The average molecular weight is 418 g/mol. The number of carbonyl (C=O) groups excluding carboxylic acids is 2. The molecule has 0 bridgehead atoms. The van der Waals surface area contributed by atoms with Crippen molar-refractivity contribution in [1.29, 1.82) is 0 Å². The number of benzene rings is 3. The molecule has 3 amide bonds. The number of nitrogens with one attached hydrogen (secondary N) is 2. The first-order valence-electron chi connectivity index (χ1n) is 9.86. The van der Waals surface area contributed by atoms with Crippen molar-refractivity contribution >= 4 is 35.1 Å². The van der Waals surface area contributed by atoms with Crippen LogP contribution in [0.25, 0.3) is 0 Å². The van der Waals surface area contributed by atoms with Crippen molar-refractivity contribution in [3.63, 3.8) is 0 Å². The highest BCUT2D eigenvalue weighted by atomic mass is 32.2. The smallest absolute Gasteiger partial charge is 0.326 e. The van der Waals surface area contributed by atoms with E-state index in [9.17, 15) is 9.59 Å². The SMILES string of the molecule is C[C@@H]1CN(C(=O)Nc2ccc(C(=O)NCc3ccccc3)cc2)c2ccccc2S1. The lowest BCUT2D eigenvalue weighted by molar-refractivity contribution is 0.0951. The van der Waals surface area contributed by atoms with E-state index in [2.05, 4.69) is 17.6 Å². The molecule has 152 valence electrons. The zero-order chi connectivity index (χ0) is 20.9. The van der Waals surface area contributed by atoms with Crippen LogP contribution in [0.15, 0.2) is 83.8 Å². The van der Waals surface area contributed by atoms with Gasteiger partial charge in [0, 0.05) is 34.5 Å². The van der Waals surface area contributed by atoms with Crippen LogP contribution in [0.3, 0.4) is 0 Å². The normalized spacial score (nSPS) is 15.2. The first-order valence-corrected chi connectivity index (χ1v) is 10.7. The number of amides is 3. The van der Waals surface area contributed by atoms with Crippen molar-refractivity contribution < 1.29 is 9.59 Å². The minimum atomic E-state index is -0.170. The highest BCUT2D eigenvalue weighted by molar-refractivity contribution is 8.00. The second-order valence-electron chi connectivity index (χ2n) is 7.18. The highest BCUT2D eigenvalue weighted by Gasteiger charge is 2.26. The van der Waals surface area contributed by atoms with Crippen LogP contribution in [-0.2, 0) is 6.54 Å². The standard InChI is InChI=1S/C24H23N3O2S/c1-17-16-27(21-9-5-6-10-22(21)30-17)24(29)26-20-13-11-19(12-14-20)23(28)25-15-18-7-3-2-4-8-18/h2-14,17H,15-16H2,1H3,(H,25,28)(H,26,29)/t17-/m1/s1. The molecule has 0 spiro atoms. The Morgan fingerprint density at radius 3 is 2.43 bits per heavy atom. The van der Waals surface area contributed by atoms with Gasteiger partial charge in [-0.15, -0.1) is 11.8 Å². The second-order valence-corrected chi connectivity index (χ2v) is 8.66. The molecule has 0 aliphatic carbocycles. The number of rotatable bonds is 4. The third-order valence-electron chi connectivity index (χ3n) is 4.86. The van der Waals surface area contributed by atoms with Crippen LogP contribution >= 0.6 is 11.8 Å². The van der Waals surface area contributed by atoms with Crippen LogP contribution in [0.2, 0.25) is 0 Å². The number of nitrogens with zero attached hydrogens (tertiary/aromatic N) is 1. The molecular weight excluding hydrogens is 394 g/mol. The van der Waals surface area contributed by atoms with E-state index in [4.69, 9.17) is 0 Å². The van der Waals surface area contributed by atoms with Crippen molar-refractivity contribution in [3.05, 3.63) is 90.0 Å². The fourth-order valence-electron chi connectivity index (χ4n) is 3.36. The Morgan fingerprint density at radius 2 is 1.67 bits per heavy atom. The summed E-state index contributed by atoms with van der Waals surface area (Å²) < 4.78 is 0. The van der Waals surface area contributed by atoms with Gasteiger partial charge in [-0.2, -0.15) is 0 Å². The molecule has 0 saturated heterocycles. The van der Waals surface area contributed by atoms with Gasteiger partial charge in [-0.1, -0.05) is 49.4 Å².